The van der Waals surface area contributed by atoms with E-state index in [1.807, 2.05) is 36.9 Å². The van der Waals surface area contributed by atoms with E-state index in [0.29, 0.717) is 34.8 Å². The number of rotatable bonds is 5. The maximum atomic E-state index is 13.1. The lowest BCUT2D eigenvalue weighted by atomic mass is 10.1. The van der Waals surface area contributed by atoms with Crippen LogP contribution >= 0.6 is 0 Å². The lowest BCUT2D eigenvalue weighted by Gasteiger charge is -2.17. The average Bonchev–Trinajstić information content (AvgIpc) is 3.27. The number of carbonyl (C=O) groups excluding carboxylic acids is 1. The summed E-state index contributed by atoms with van der Waals surface area (Å²) in [5, 5.41) is 9.15. The van der Waals surface area contributed by atoms with Gasteiger partial charge in [-0.05, 0) is 38.8 Å². The number of pyridine rings is 1. The van der Waals surface area contributed by atoms with Gasteiger partial charge in [-0.2, -0.15) is 5.10 Å². The van der Waals surface area contributed by atoms with Crippen LogP contribution in [-0.4, -0.2) is 37.8 Å². The Bertz CT molecular complexity index is 938. The lowest BCUT2D eigenvalue weighted by Crippen LogP contribution is -2.27. The molecule has 0 bridgehead atoms. The molecule has 1 aliphatic carbocycles. The maximum Gasteiger partial charge on any atom is 0.259 e. The average molecular weight is 339 g/mol. The molecule has 0 N–H and O–H groups in total. The van der Waals surface area contributed by atoms with E-state index in [1.54, 1.807) is 11.9 Å². The van der Waals surface area contributed by atoms with Crippen molar-refractivity contribution in [3.8, 4) is 0 Å². The number of aryl methyl sites for hydroxylation is 2. The number of carbonyl (C=O) groups is 1. The van der Waals surface area contributed by atoms with Crippen LogP contribution in [0.15, 0.2) is 22.9 Å². The molecule has 25 heavy (non-hydrogen) atoms. The summed E-state index contributed by atoms with van der Waals surface area (Å²) in [6.45, 7) is 5.14. The third-order valence-electron chi connectivity index (χ3n) is 4.63. The summed E-state index contributed by atoms with van der Waals surface area (Å²) in [5.41, 5.74) is 3.55. The Kier molecular flexibility index (Phi) is 3.78. The van der Waals surface area contributed by atoms with Gasteiger partial charge in [-0.15, -0.1) is 0 Å². The zero-order chi connectivity index (χ0) is 17.6. The number of fused-ring (bicyclic) bond motifs is 1. The number of hydrogen-bond donors (Lipinski definition) is 0. The number of nitrogens with zero attached hydrogens (tertiary/aromatic N) is 5. The van der Waals surface area contributed by atoms with E-state index in [9.17, 15) is 4.79 Å². The fourth-order valence-electron chi connectivity index (χ4n) is 3.06. The minimum absolute atomic E-state index is 0.0633. The number of hydrogen-bond acceptors (Lipinski definition) is 5. The summed E-state index contributed by atoms with van der Waals surface area (Å²) in [7, 11) is 1.79. The van der Waals surface area contributed by atoms with Crippen molar-refractivity contribution in [2.75, 3.05) is 7.05 Å². The normalized spacial score (nSPS) is 14.2. The van der Waals surface area contributed by atoms with E-state index in [-0.39, 0.29) is 5.91 Å². The number of aromatic nitrogens is 4. The van der Waals surface area contributed by atoms with Crippen LogP contribution in [0.1, 0.15) is 53.1 Å². The van der Waals surface area contributed by atoms with Gasteiger partial charge in [0.1, 0.15) is 0 Å². The van der Waals surface area contributed by atoms with Crippen LogP contribution in [0.4, 0.5) is 0 Å². The largest absolute Gasteiger partial charge is 0.336 e. The smallest absolute Gasteiger partial charge is 0.259 e. The van der Waals surface area contributed by atoms with Crippen LogP contribution in [-0.2, 0) is 13.1 Å². The molecular formula is C18H21N5O2. The summed E-state index contributed by atoms with van der Waals surface area (Å²) in [6.07, 6.45) is 4.15. The summed E-state index contributed by atoms with van der Waals surface area (Å²) in [5.74, 6) is 0.374. The first-order valence-electron chi connectivity index (χ1n) is 8.61. The third kappa shape index (κ3) is 2.90. The molecule has 3 aromatic rings. The third-order valence-corrected chi connectivity index (χ3v) is 4.63. The Morgan fingerprint density at radius 3 is 2.92 bits per heavy atom. The van der Waals surface area contributed by atoms with E-state index < -0.39 is 0 Å². The van der Waals surface area contributed by atoms with Crippen LogP contribution in [0.5, 0.6) is 0 Å². The van der Waals surface area contributed by atoms with Crippen molar-refractivity contribution in [1.29, 1.82) is 0 Å². The SMILES string of the molecule is CCn1ccc(CN(C)C(=O)c2cc(C3CC3)nc3onc(C)c23)n1. The zero-order valence-electron chi connectivity index (χ0n) is 14.7. The Morgan fingerprint density at radius 1 is 1.44 bits per heavy atom. The van der Waals surface area contributed by atoms with Crippen LogP contribution in [0.3, 0.4) is 0 Å². The molecule has 0 unspecified atom stereocenters. The molecule has 4 rings (SSSR count). The van der Waals surface area contributed by atoms with Crippen LogP contribution in [0.25, 0.3) is 11.1 Å². The summed E-state index contributed by atoms with van der Waals surface area (Å²) in [6, 6.07) is 3.85. The van der Waals surface area contributed by atoms with Crippen molar-refractivity contribution in [3.63, 3.8) is 0 Å². The van der Waals surface area contributed by atoms with Crippen LogP contribution in [0, 0.1) is 6.92 Å². The van der Waals surface area contributed by atoms with Gasteiger partial charge in [-0.3, -0.25) is 9.48 Å². The first kappa shape index (κ1) is 15.8. The van der Waals surface area contributed by atoms with Crippen molar-refractivity contribution < 1.29 is 9.32 Å². The summed E-state index contributed by atoms with van der Waals surface area (Å²) >= 11 is 0. The van der Waals surface area contributed by atoms with Gasteiger partial charge in [0.05, 0.1) is 28.9 Å². The molecule has 7 heteroatoms. The summed E-state index contributed by atoms with van der Waals surface area (Å²) in [4.78, 5) is 19.3. The first-order valence-corrected chi connectivity index (χ1v) is 8.61. The highest BCUT2D eigenvalue weighted by molar-refractivity contribution is 6.05. The van der Waals surface area contributed by atoms with Gasteiger partial charge < -0.3 is 9.42 Å². The van der Waals surface area contributed by atoms with E-state index in [4.69, 9.17) is 4.52 Å². The van der Waals surface area contributed by atoms with Crippen LogP contribution in [0.2, 0.25) is 0 Å². The molecule has 1 amide bonds. The molecule has 7 nitrogen and oxygen atoms in total. The van der Waals surface area contributed by atoms with Gasteiger partial charge in [-0.25, -0.2) is 4.98 Å². The van der Waals surface area contributed by atoms with Gasteiger partial charge in [0.2, 0.25) is 0 Å². The molecule has 1 saturated carbocycles. The Morgan fingerprint density at radius 2 is 2.24 bits per heavy atom. The van der Waals surface area contributed by atoms with E-state index in [1.165, 1.54) is 0 Å². The van der Waals surface area contributed by atoms with Crippen molar-refractivity contribution >= 4 is 17.0 Å². The fourth-order valence-corrected chi connectivity index (χ4v) is 3.06. The molecule has 0 saturated heterocycles. The second-order valence-electron chi connectivity index (χ2n) is 6.64. The highest BCUT2D eigenvalue weighted by atomic mass is 16.5. The molecule has 0 radical (unpaired) electrons. The molecule has 130 valence electrons. The number of amides is 1. The highest BCUT2D eigenvalue weighted by Crippen LogP contribution is 2.40. The first-order chi connectivity index (χ1) is 12.1. The minimum atomic E-state index is -0.0633. The molecule has 3 heterocycles. The van der Waals surface area contributed by atoms with Gasteiger partial charge in [-0.1, -0.05) is 5.16 Å². The predicted octanol–water partition coefficient (Wildman–Crippen LogP) is 2.90. The molecular weight excluding hydrogens is 318 g/mol. The summed E-state index contributed by atoms with van der Waals surface area (Å²) < 4.78 is 7.18. The molecule has 1 fully saturated rings. The Labute approximate surface area is 145 Å². The monoisotopic (exact) mass is 339 g/mol. The quantitative estimate of drug-likeness (QED) is 0.714. The second kappa shape index (κ2) is 5.98. The van der Waals surface area contributed by atoms with Crippen molar-refractivity contribution in [2.24, 2.45) is 0 Å². The van der Waals surface area contributed by atoms with Crippen molar-refractivity contribution in [3.05, 3.63) is 41.0 Å². The molecule has 0 atom stereocenters. The van der Waals surface area contributed by atoms with E-state index in [2.05, 4.69) is 15.2 Å². The maximum absolute atomic E-state index is 13.1. The molecule has 0 spiro atoms. The molecule has 0 aromatic carbocycles. The van der Waals surface area contributed by atoms with E-state index >= 15 is 0 Å². The zero-order valence-corrected chi connectivity index (χ0v) is 14.7. The molecule has 0 aliphatic heterocycles. The molecule has 1 aliphatic rings. The van der Waals surface area contributed by atoms with Gasteiger partial charge in [0.25, 0.3) is 11.6 Å². The van der Waals surface area contributed by atoms with Crippen molar-refractivity contribution in [1.82, 2.24) is 24.8 Å². The van der Waals surface area contributed by atoms with Gasteiger partial charge in [0, 0.05) is 31.4 Å². The lowest BCUT2D eigenvalue weighted by molar-refractivity contribution is 0.0785. The van der Waals surface area contributed by atoms with Gasteiger partial charge >= 0.3 is 0 Å². The van der Waals surface area contributed by atoms with Crippen molar-refractivity contribution in [2.45, 2.75) is 45.7 Å². The Balaban J connectivity index is 1.67. The minimum Gasteiger partial charge on any atom is -0.336 e. The van der Waals surface area contributed by atoms with Crippen LogP contribution < -0.4 is 0 Å². The standard InChI is InChI=1S/C18H21N5O2/c1-4-23-8-7-13(20-23)10-22(3)18(24)14-9-15(12-5-6-12)19-17-16(14)11(2)21-25-17/h7-9,12H,4-6,10H2,1-3H3. The Hall–Kier alpha value is -2.70. The van der Waals surface area contributed by atoms with Gasteiger partial charge in [0.15, 0.2) is 0 Å². The topological polar surface area (TPSA) is 77.0 Å². The highest BCUT2D eigenvalue weighted by Gasteiger charge is 2.29. The fraction of sp³-hybridized carbons (Fsp3) is 0.444. The second-order valence-corrected chi connectivity index (χ2v) is 6.64. The predicted molar refractivity (Wildman–Crippen MR) is 92.2 cm³/mol. The van der Waals surface area contributed by atoms with E-state index in [0.717, 1.165) is 30.8 Å². The molecule has 3 aromatic heterocycles.